The number of anilines is 2. The van der Waals surface area contributed by atoms with Gasteiger partial charge in [-0.2, -0.15) is 0 Å². The van der Waals surface area contributed by atoms with Crippen molar-refractivity contribution in [2.24, 2.45) is 11.8 Å². The first-order valence-corrected chi connectivity index (χ1v) is 6.23. The Morgan fingerprint density at radius 2 is 2.22 bits per heavy atom. The summed E-state index contributed by atoms with van der Waals surface area (Å²) in [5.41, 5.74) is 0.754. The van der Waals surface area contributed by atoms with Crippen LogP contribution >= 0.6 is 0 Å². The van der Waals surface area contributed by atoms with E-state index in [4.69, 9.17) is 0 Å². The molecule has 1 unspecified atom stereocenters. The predicted octanol–water partition coefficient (Wildman–Crippen LogP) is 0.942. The SMILES string of the molecule is CC(C(=O)Nc1ccc(N(C)C)nc1)C1CNC1. The molecule has 0 bridgehead atoms. The molecule has 1 atom stereocenters. The molecule has 0 spiro atoms. The van der Waals surface area contributed by atoms with Gasteiger partial charge >= 0.3 is 0 Å². The Morgan fingerprint density at radius 1 is 1.50 bits per heavy atom. The molecular weight excluding hydrogens is 228 g/mol. The number of aromatic nitrogens is 1. The third kappa shape index (κ3) is 2.79. The van der Waals surface area contributed by atoms with Crippen molar-refractivity contribution in [2.75, 3.05) is 37.4 Å². The fourth-order valence-corrected chi connectivity index (χ4v) is 1.86. The average Bonchev–Trinajstić information content (AvgIpc) is 2.27. The molecule has 1 fully saturated rings. The van der Waals surface area contributed by atoms with E-state index in [0.717, 1.165) is 24.6 Å². The van der Waals surface area contributed by atoms with Crippen molar-refractivity contribution >= 4 is 17.4 Å². The molecule has 1 amide bonds. The average molecular weight is 248 g/mol. The minimum absolute atomic E-state index is 0.0415. The first-order valence-electron chi connectivity index (χ1n) is 6.23. The number of hydrogen-bond acceptors (Lipinski definition) is 4. The minimum atomic E-state index is 0.0415. The number of carbonyl (C=O) groups is 1. The zero-order valence-corrected chi connectivity index (χ0v) is 11.1. The van der Waals surface area contributed by atoms with Crippen LogP contribution in [0.3, 0.4) is 0 Å². The molecule has 1 aliphatic rings. The van der Waals surface area contributed by atoms with Crippen LogP contribution in [0.15, 0.2) is 18.3 Å². The van der Waals surface area contributed by atoms with Crippen LogP contribution in [-0.4, -0.2) is 38.1 Å². The van der Waals surface area contributed by atoms with E-state index in [-0.39, 0.29) is 11.8 Å². The predicted molar refractivity (Wildman–Crippen MR) is 72.7 cm³/mol. The second kappa shape index (κ2) is 5.35. The minimum Gasteiger partial charge on any atom is -0.363 e. The fraction of sp³-hybridized carbons (Fsp3) is 0.538. The van der Waals surface area contributed by atoms with Crippen molar-refractivity contribution in [1.29, 1.82) is 0 Å². The van der Waals surface area contributed by atoms with Gasteiger partial charge in [0, 0.05) is 20.0 Å². The van der Waals surface area contributed by atoms with Crippen LogP contribution in [0.25, 0.3) is 0 Å². The van der Waals surface area contributed by atoms with Gasteiger partial charge in [0.2, 0.25) is 5.91 Å². The lowest BCUT2D eigenvalue weighted by molar-refractivity contribution is -0.121. The maximum absolute atomic E-state index is 12.0. The number of nitrogens with zero attached hydrogens (tertiary/aromatic N) is 2. The Hall–Kier alpha value is -1.62. The van der Waals surface area contributed by atoms with E-state index in [9.17, 15) is 4.79 Å². The molecule has 18 heavy (non-hydrogen) atoms. The molecule has 5 nitrogen and oxygen atoms in total. The highest BCUT2D eigenvalue weighted by atomic mass is 16.1. The molecule has 0 aliphatic carbocycles. The van der Waals surface area contributed by atoms with Crippen LogP contribution in [0.4, 0.5) is 11.5 Å². The van der Waals surface area contributed by atoms with Gasteiger partial charge in [-0.25, -0.2) is 4.98 Å². The van der Waals surface area contributed by atoms with Gasteiger partial charge < -0.3 is 15.5 Å². The summed E-state index contributed by atoms with van der Waals surface area (Å²) in [6.07, 6.45) is 1.69. The lowest BCUT2D eigenvalue weighted by Crippen LogP contribution is -2.48. The van der Waals surface area contributed by atoms with Gasteiger partial charge in [0.25, 0.3) is 0 Å². The van der Waals surface area contributed by atoms with Gasteiger partial charge in [-0.3, -0.25) is 4.79 Å². The quantitative estimate of drug-likeness (QED) is 0.832. The van der Waals surface area contributed by atoms with Crippen molar-refractivity contribution in [1.82, 2.24) is 10.3 Å². The second-order valence-corrected chi connectivity index (χ2v) is 5.00. The fourth-order valence-electron chi connectivity index (χ4n) is 1.86. The van der Waals surface area contributed by atoms with Gasteiger partial charge in [-0.15, -0.1) is 0 Å². The molecule has 0 radical (unpaired) electrons. The largest absolute Gasteiger partial charge is 0.363 e. The first-order chi connectivity index (χ1) is 8.58. The summed E-state index contributed by atoms with van der Waals surface area (Å²) >= 11 is 0. The molecule has 0 aromatic carbocycles. The van der Waals surface area contributed by atoms with Crippen LogP contribution in [0, 0.1) is 11.8 Å². The standard InChI is InChI=1S/C13H20N4O/c1-9(10-6-14-7-10)13(18)16-11-4-5-12(15-8-11)17(2)3/h4-5,8-10,14H,6-7H2,1-3H3,(H,16,18). The van der Waals surface area contributed by atoms with Crippen LogP contribution in [0.1, 0.15) is 6.92 Å². The Kier molecular flexibility index (Phi) is 3.81. The molecule has 1 saturated heterocycles. The first kappa shape index (κ1) is 12.8. The Morgan fingerprint density at radius 3 is 2.67 bits per heavy atom. The van der Waals surface area contributed by atoms with Crippen molar-refractivity contribution < 1.29 is 4.79 Å². The molecule has 1 aromatic rings. The molecule has 1 aliphatic heterocycles. The van der Waals surface area contributed by atoms with Gasteiger partial charge in [0.1, 0.15) is 5.82 Å². The zero-order valence-electron chi connectivity index (χ0n) is 11.1. The lowest BCUT2D eigenvalue weighted by atomic mass is 9.88. The lowest BCUT2D eigenvalue weighted by Gasteiger charge is -2.31. The highest BCUT2D eigenvalue weighted by molar-refractivity contribution is 5.92. The third-order valence-electron chi connectivity index (χ3n) is 3.41. The van der Waals surface area contributed by atoms with Crippen LogP contribution in [0.5, 0.6) is 0 Å². The van der Waals surface area contributed by atoms with Gasteiger partial charge in [-0.05, 0) is 31.1 Å². The Balaban J connectivity index is 1.94. The van der Waals surface area contributed by atoms with E-state index in [0.29, 0.717) is 5.92 Å². The molecule has 2 N–H and O–H groups in total. The number of amides is 1. The van der Waals surface area contributed by atoms with E-state index in [1.54, 1.807) is 6.20 Å². The Bertz CT molecular complexity index is 412. The van der Waals surface area contributed by atoms with Gasteiger partial charge in [0.05, 0.1) is 11.9 Å². The highest BCUT2D eigenvalue weighted by Crippen LogP contribution is 2.18. The summed E-state index contributed by atoms with van der Waals surface area (Å²) in [4.78, 5) is 18.2. The smallest absolute Gasteiger partial charge is 0.227 e. The van der Waals surface area contributed by atoms with Crippen molar-refractivity contribution in [3.63, 3.8) is 0 Å². The van der Waals surface area contributed by atoms with Crippen LogP contribution in [-0.2, 0) is 4.79 Å². The Labute approximate surface area is 108 Å². The van der Waals surface area contributed by atoms with Crippen molar-refractivity contribution in [2.45, 2.75) is 6.92 Å². The number of nitrogens with one attached hydrogen (secondary N) is 2. The van der Waals surface area contributed by atoms with Crippen LogP contribution < -0.4 is 15.5 Å². The maximum Gasteiger partial charge on any atom is 0.227 e. The van der Waals surface area contributed by atoms with E-state index in [1.165, 1.54) is 0 Å². The number of hydrogen-bond donors (Lipinski definition) is 2. The van der Waals surface area contributed by atoms with Crippen molar-refractivity contribution in [3.05, 3.63) is 18.3 Å². The molecule has 2 rings (SSSR count). The normalized spacial score (nSPS) is 16.8. The van der Waals surface area contributed by atoms with E-state index in [1.807, 2.05) is 38.1 Å². The summed E-state index contributed by atoms with van der Waals surface area (Å²) in [5.74, 6) is 1.45. The third-order valence-corrected chi connectivity index (χ3v) is 3.41. The molecule has 2 heterocycles. The summed E-state index contributed by atoms with van der Waals surface area (Å²) in [5, 5.41) is 6.09. The molecule has 98 valence electrons. The van der Waals surface area contributed by atoms with Gasteiger partial charge in [0.15, 0.2) is 0 Å². The van der Waals surface area contributed by atoms with Gasteiger partial charge in [-0.1, -0.05) is 6.92 Å². The maximum atomic E-state index is 12.0. The molecule has 5 heteroatoms. The number of pyridine rings is 1. The summed E-state index contributed by atoms with van der Waals surface area (Å²) in [7, 11) is 3.87. The van der Waals surface area contributed by atoms with E-state index < -0.39 is 0 Å². The number of carbonyl (C=O) groups excluding carboxylic acids is 1. The second-order valence-electron chi connectivity index (χ2n) is 5.00. The van der Waals surface area contributed by atoms with Crippen LogP contribution in [0.2, 0.25) is 0 Å². The molecule has 1 aromatic heterocycles. The molecule has 0 saturated carbocycles. The topological polar surface area (TPSA) is 57.3 Å². The molecular formula is C13H20N4O. The van der Waals surface area contributed by atoms with E-state index in [2.05, 4.69) is 15.6 Å². The summed E-state index contributed by atoms with van der Waals surface area (Å²) < 4.78 is 0. The summed E-state index contributed by atoms with van der Waals surface area (Å²) in [6, 6.07) is 3.77. The number of rotatable bonds is 4. The highest BCUT2D eigenvalue weighted by Gasteiger charge is 2.28. The monoisotopic (exact) mass is 248 g/mol. The van der Waals surface area contributed by atoms with E-state index >= 15 is 0 Å². The summed E-state index contributed by atoms with van der Waals surface area (Å²) in [6.45, 7) is 3.85. The zero-order chi connectivity index (χ0) is 13.1. The van der Waals surface area contributed by atoms with Crippen molar-refractivity contribution in [3.8, 4) is 0 Å².